The Morgan fingerprint density at radius 3 is 2.08 bits per heavy atom. The number of benzene rings is 3. The number of anilines is 1. The van der Waals surface area contributed by atoms with Gasteiger partial charge in [0, 0.05) is 19.5 Å². The summed E-state index contributed by atoms with van der Waals surface area (Å²) in [7, 11) is -3.78. The molecule has 7 nitrogen and oxygen atoms in total. The summed E-state index contributed by atoms with van der Waals surface area (Å²) in [6.45, 7) is 8.10. The fourth-order valence-corrected chi connectivity index (χ4v) is 5.12. The highest BCUT2D eigenvalue weighted by Gasteiger charge is 2.33. The summed E-state index contributed by atoms with van der Waals surface area (Å²) < 4.78 is 26.8. The predicted octanol–water partition coefficient (Wildman–Crippen LogP) is 4.48. The minimum absolute atomic E-state index is 0.170. The van der Waals surface area contributed by atoms with Crippen molar-refractivity contribution in [3.63, 3.8) is 0 Å². The molecule has 0 fully saturated rings. The summed E-state index contributed by atoms with van der Waals surface area (Å²) in [6.07, 6.45) is 1.38. The first-order valence-corrected chi connectivity index (χ1v) is 15.0. The van der Waals surface area contributed by atoms with E-state index in [1.54, 1.807) is 24.3 Å². The summed E-state index contributed by atoms with van der Waals surface area (Å²) >= 11 is 0. The molecule has 0 spiro atoms. The van der Waals surface area contributed by atoms with Gasteiger partial charge in [-0.2, -0.15) is 0 Å². The third kappa shape index (κ3) is 8.68. The number of rotatable bonds is 12. The van der Waals surface area contributed by atoms with E-state index >= 15 is 0 Å². The first-order valence-electron chi connectivity index (χ1n) is 13.2. The molecule has 1 atom stereocenters. The van der Waals surface area contributed by atoms with Crippen LogP contribution in [-0.4, -0.2) is 50.5 Å². The normalized spacial score (nSPS) is 12.2. The topological polar surface area (TPSA) is 86.8 Å². The van der Waals surface area contributed by atoms with Crippen molar-refractivity contribution in [1.82, 2.24) is 10.2 Å². The van der Waals surface area contributed by atoms with Crippen LogP contribution in [0.4, 0.5) is 5.69 Å². The highest BCUT2D eigenvalue weighted by atomic mass is 32.2. The first kappa shape index (κ1) is 29.9. The molecule has 8 heteroatoms. The molecule has 0 aliphatic carbocycles. The zero-order valence-corrected chi connectivity index (χ0v) is 24.2. The average Bonchev–Trinajstić information content (AvgIpc) is 2.89. The third-order valence-electron chi connectivity index (χ3n) is 6.56. The smallest absolute Gasteiger partial charge is 0.244 e. The van der Waals surface area contributed by atoms with Crippen LogP contribution in [0.2, 0.25) is 0 Å². The maximum atomic E-state index is 14.1. The van der Waals surface area contributed by atoms with Gasteiger partial charge in [-0.1, -0.05) is 86.1 Å². The second-order valence-corrected chi connectivity index (χ2v) is 12.3. The minimum atomic E-state index is -3.78. The molecule has 0 saturated carbocycles. The summed E-state index contributed by atoms with van der Waals surface area (Å²) in [5.74, 6) is -0.491. The van der Waals surface area contributed by atoms with Crippen molar-refractivity contribution < 1.29 is 18.0 Å². The van der Waals surface area contributed by atoms with Crippen LogP contribution in [0.15, 0.2) is 78.9 Å². The number of aryl methyl sites for hydroxylation is 2. The predicted molar refractivity (Wildman–Crippen MR) is 157 cm³/mol. The van der Waals surface area contributed by atoms with Crippen molar-refractivity contribution in [3.8, 4) is 0 Å². The van der Waals surface area contributed by atoms with Gasteiger partial charge in [-0.3, -0.25) is 13.9 Å². The Kier molecular flexibility index (Phi) is 10.3. The Morgan fingerprint density at radius 1 is 0.872 bits per heavy atom. The van der Waals surface area contributed by atoms with Crippen LogP contribution in [0.3, 0.4) is 0 Å². The zero-order valence-electron chi connectivity index (χ0n) is 23.4. The number of amides is 2. The lowest BCUT2D eigenvalue weighted by Gasteiger charge is -2.34. The molecule has 3 aromatic carbocycles. The van der Waals surface area contributed by atoms with Crippen LogP contribution in [0.5, 0.6) is 0 Å². The summed E-state index contributed by atoms with van der Waals surface area (Å²) in [5, 5.41) is 2.99. The molecule has 3 aromatic rings. The van der Waals surface area contributed by atoms with Crippen LogP contribution in [0.25, 0.3) is 0 Å². The molecule has 1 N–H and O–H groups in total. The number of sulfonamides is 1. The maximum absolute atomic E-state index is 14.1. The van der Waals surface area contributed by atoms with Gasteiger partial charge in [-0.05, 0) is 48.6 Å². The van der Waals surface area contributed by atoms with E-state index in [1.807, 2.05) is 82.3 Å². The van der Waals surface area contributed by atoms with E-state index in [9.17, 15) is 18.0 Å². The molecule has 0 bridgehead atoms. The molecule has 0 aliphatic rings. The second kappa shape index (κ2) is 13.4. The molecular weight excluding hydrogens is 510 g/mol. The summed E-state index contributed by atoms with van der Waals surface area (Å²) in [5.41, 5.74) is 4.15. The van der Waals surface area contributed by atoms with Crippen molar-refractivity contribution in [2.75, 3.05) is 23.7 Å². The molecule has 0 saturated heterocycles. The van der Waals surface area contributed by atoms with E-state index in [-0.39, 0.29) is 18.4 Å². The Bertz CT molecular complexity index is 1360. The highest BCUT2D eigenvalue weighted by Crippen LogP contribution is 2.21. The molecule has 208 valence electrons. The van der Waals surface area contributed by atoms with Gasteiger partial charge in [0.1, 0.15) is 12.6 Å². The highest BCUT2D eigenvalue weighted by molar-refractivity contribution is 7.92. The van der Waals surface area contributed by atoms with Gasteiger partial charge < -0.3 is 10.2 Å². The minimum Gasteiger partial charge on any atom is -0.354 e. The van der Waals surface area contributed by atoms with E-state index in [0.717, 1.165) is 32.8 Å². The lowest BCUT2D eigenvalue weighted by molar-refractivity contribution is -0.140. The fourth-order valence-electron chi connectivity index (χ4n) is 4.27. The van der Waals surface area contributed by atoms with Crippen LogP contribution in [0.1, 0.15) is 36.1 Å². The monoisotopic (exact) mass is 549 g/mol. The van der Waals surface area contributed by atoms with Gasteiger partial charge in [0.05, 0.1) is 11.9 Å². The number of hydrogen-bond acceptors (Lipinski definition) is 4. The molecule has 0 aromatic heterocycles. The van der Waals surface area contributed by atoms with Crippen molar-refractivity contribution in [3.05, 3.63) is 101 Å². The van der Waals surface area contributed by atoms with E-state index in [1.165, 1.54) is 4.90 Å². The van der Waals surface area contributed by atoms with E-state index < -0.39 is 28.5 Å². The summed E-state index contributed by atoms with van der Waals surface area (Å²) in [4.78, 5) is 29.2. The van der Waals surface area contributed by atoms with Gasteiger partial charge in [0.2, 0.25) is 21.8 Å². The Labute approximate surface area is 232 Å². The lowest BCUT2D eigenvalue weighted by atomic mass is 10.0. The standard InChI is InChI=1S/C31H39N3O4S/c1-23(2)20-32-31(36)29(19-26-12-7-6-8-13-26)33(21-27-14-10-9-11-25(27)4)30(35)22-34(39(5,37)38)28-17-15-24(3)16-18-28/h6-18,23,29H,19-22H2,1-5H3,(H,32,36)/t29-/m0/s1. The Hall–Kier alpha value is -3.65. The number of carbonyl (C=O) groups is 2. The van der Waals surface area contributed by atoms with Crippen molar-refractivity contribution in [2.45, 2.75) is 46.7 Å². The molecule has 39 heavy (non-hydrogen) atoms. The molecule has 0 unspecified atom stereocenters. The Balaban J connectivity index is 2.05. The first-order chi connectivity index (χ1) is 18.5. The second-order valence-electron chi connectivity index (χ2n) is 10.4. The van der Waals surface area contributed by atoms with Crippen molar-refractivity contribution in [1.29, 1.82) is 0 Å². The fraction of sp³-hybridized carbons (Fsp3) is 0.355. The SMILES string of the molecule is Cc1ccc(N(CC(=O)N(Cc2ccccc2C)[C@@H](Cc2ccccc2)C(=O)NCC(C)C)S(C)(=O)=O)cc1. The van der Waals surface area contributed by atoms with Gasteiger partial charge in [-0.15, -0.1) is 0 Å². The number of nitrogens with one attached hydrogen (secondary N) is 1. The van der Waals surface area contributed by atoms with Crippen molar-refractivity contribution in [2.24, 2.45) is 5.92 Å². The molecule has 3 rings (SSSR count). The zero-order chi connectivity index (χ0) is 28.6. The van der Waals surface area contributed by atoms with Gasteiger partial charge in [0.15, 0.2) is 0 Å². The molecule has 0 radical (unpaired) electrons. The summed E-state index contributed by atoms with van der Waals surface area (Å²) in [6, 6.07) is 23.4. The van der Waals surface area contributed by atoms with Crippen LogP contribution in [-0.2, 0) is 32.6 Å². The maximum Gasteiger partial charge on any atom is 0.244 e. The molecule has 2 amide bonds. The number of nitrogens with zero attached hydrogens (tertiary/aromatic N) is 2. The quantitative estimate of drug-likeness (QED) is 0.361. The van der Waals surface area contributed by atoms with Crippen LogP contribution < -0.4 is 9.62 Å². The third-order valence-corrected chi connectivity index (χ3v) is 7.70. The van der Waals surface area contributed by atoms with Crippen LogP contribution >= 0.6 is 0 Å². The molecule has 0 heterocycles. The van der Waals surface area contributed by atoms with E-state index in [2.05, 4.69) is 5.32 Å². The molecular formula is C31H39N3O4S. The van der Waals surface area contributed by atoms with E-state index in [4.69, 9.17) is 0 Å². The number of carbonyl (C=O) groups excluding carboxylic acids is 2. The Morgan fingerprint density at radius 2 is 1.49 bits per heavy atom. The van der Waals surface area contributed by atoms with Crippen LogP contribution in [0, 0.1) is 19.8 Å². The molecule has 0 aliphatic heterocycles. The van der Waals surface area contributed by atoms with Gasteiger partial charge in [0.25, 0.3) is 0 Å². The van der Waals surface area contributed by atoms with Gasteiger partial charge in [-0.25, -0.2) is 8.42 Å². The van der Waals surface area contributed by atoms with Crippen molar-refractivity contribution >= 4 is 27.5 Å². The lowest BCUT2D eigenvalue weighted by Crippen LogP contribution is -2.53. The average molecular weight is 550 g/mol. The number of hydrogen-bond donors (Lipinski definition) is 1. The largest absolute Gasteiger partial charge is 0.354 e. The van der Waals surface area contributed by atoms with Gasteiger partial charge >= 0.3 is 0 Å². The van der Waals surface area contributed by atoms with E-state index in [0.29, 0.717) is 18.7 Å².